The van der Waals surface area contributed by atoms with Crippen LogP contribution in [-0.4, -0.2) is 61.5 Å². The Bertz CT molecular complexity index is 966. The van der Waals surface area contributed by atoms with Gasteiger partial charge in [-0.2, -0.15) is 0 Å². The van der Waals surface area contributed by atoms with Crippen LogP contribution in [0.5, 0.6) is 0 Å². The highest BCUT2D eigenvalue weighted by Crippen LogP contribution is 2.39. The third-order valence-electron chi connectivity index (χ3n) is 5.84. The lowest BCUT2D eigenvalue weighted by molar-refractivity contribution is -0.117. The van der Waals surface area contributed by atoms with Crippen molar-refractivity contribution in [2.24, 2.45) is 0 Å². The van der Waals surface area contributed by atoms with Crippen LogP contribution in [0.1, 0.15) is 32.8 Å². The zero-order chi connectivity index (χ0) is 22.0. The fourth-order valence-electron chi connectivity index (χ4n) is 4.19. The van der Waals surface area contributed by atoms with Crippen molar-refractivity contribution in [3.05, 3.63) is 49.8 Å². The van der Waals surface area contributed by atoms with E-state index in [2.05, 4.69) is 15.1 Å². The first-order valence-electron chi connectivity index (χ1n) is 10.4. The van der Waals surface area contributed by atoms with Gasteiger partial charge in [0.1, 0.15) is 5.00 Å². The topological polar surface area (TPSA) is 61.9 Å². The highest BCUT2D eigenvalue weighted by Gasteiger charge is 2.28. The van der Waals surface area contributed by atoms with Gasteiger partial charge in [0.25, 0.3) is 0 Å². The molecule has 1 amide bonds. The minimum absolute atomic E-state index is 0.104. The lowest BCUT2D eigenvalue weighted by atomic mass is 10.1. The Balaban J connectivity index is 1.32. The summed E-state index contributed by atoms with van der Waals surface area (Å²) in [6, 6.07) is 5.55. The van der Waals surface area contributed by atoms with E-state index in [0.717, 1.165) is 56.6 Å². The number of hydrogen-bond acceptors (Lipinski definition) is 6. The number of nitrogens with one attached hydrogen (secondary N) is 1. The van der Waals surface area contributed by atoms with Crippen molar-refractivity contribution in [2.75, 3.05) is 45.2 Å². The number of thiophene rings is 1. The van der Waals surface area contributed by atoms with Gasteiger partial charge in [0.2, 0.25) is 5.91 Å². The van der Waals surface area contributed by atoms with E-state index in [1.807, 2.05) is 18.2 Å². The molecular weight excluding hydrogens is 457 g/mol. The van der Waals surface area contributed by atoms with Crippen molar-refractivity contribution in [2.45, 2.75) is 25.8 Å². The average molecular weight is 482 g/mol. The fourth-order valence-corrected chi connectivity index (χ4v) is 6.00. The van der Waals surface area contributed by atoms with Crippen molar-refractivity contribution in [3.8, 4) is 0 Å². The van der Waals surface area contributed by atoms with Gasteiger partial charge in [0.15, 0.2) is 0 Å². The maximum atomic E-state index is 12.7. The Morgan fingerprint density at radius 1 is 1.10 bits per heavy atom. The molecule has 0 bridgehead atoms. The van der Waals surface area contributed by atoms with Gasteiger partial charge in [0, 0.05) is 53.2 Å². The molecule has 2 heterocycles. The summed E-state index contributed by atoms with van der Waals surface area (Å²) in [5.41, 5.74) is 2.52. The average Bonchev–Trinajstić information content (AvgIpc) is 3.32. The normalized spacial score (nSPS) is 16.9. The molecule has 9 heteroatoms. The summed E-state index contributed by atoms with van der Waals surface area (Å²) in [6.07, 6.45) is 2.86. The van der Waals surface area contributed by atoms with Crippen molar-refractivity contribution >= 4 is 51.4 Å². The van der Waals surface area contributed by atoms with Crippen LogP contribution >= 0.6 is 34.5 Å². The maximum Gasteiger partial charge on any atom is 0.341 e. The third-order valence-corrected chi connectivity index (χ3v) is 7.75. The van der Waals surface area contributed by atoms with Gasteiger partial charge in [-0.3, -0.25) is 14.6 Å². The van der Waals surface area contributed by atoms with Crippen LogP contribution in [0.3, 0.4) is 0 Å². The molecule has 2 aliphatic rings. The molecule has 0 saturated carbocycles. The largest absolute Gasteiger partial charge is 0.465 e. The summed E-state index contributed by atoms with van der Waals surface area (Å²) in [5.74, 6) is -0.478. The van der Waals surface area contributed by atoms with Crippen molar-refractivity contribution in [1.82, 2.24) is 9.80 Å². The molecule has 0 spiro atoms. The van der Waals surface area contributed by atoms with E-state index < -0.39 is 0 Å². The van der Waals surface area contributed by atoms with Crippen LogP contribution in [0, 0.1) is 0 Å². The monoisotopic (exact) mass is 481 g/mol. The second-order valence-electron chi connectivity index (χ2n) is 7.85. The molecular formula is C22H25Cl2N3O3S. The Kier molecular flexibility index (Phi) is 7.19. The molecule has 2 aromatic rings. The Morgan fingerprint density at radius 3 is 2.45 bits per heavy atom. The minimum Gasteiger partial charge on any atom is -0.465 e. The molecule has 1 aliphatic heterocycles. The first-order valence-corrected chi connectivity index (χ1v) is 11.9. The fraction of sp³-hybridized carbons (Fsp3) is 0.455. The Hall–Kier alpha value is -1.64. The molecule has 1 fully saturated rings. The minimum atomic E-state index is -0.374. The summed E-state index contributed by atoms with van der Waals surface area (Å²) in [5, 5.41) is 4.93. The van der Waals surface area contributed by atoms with Crippen LogP contribution in [-0.2, 0) is 28.9 Å². The number of rotatable bonds is 6. The van der Waals surface area contributed by atoms with Crippen molar-refractivity contribution in [1.29, 1.82) is 0 Å². The molecule has 1 saturated heterocycles. The van der Waals surface area contributed by atoms with Gasteiger partial charge in [-0.05, 0) is 37.0 Å². The van der Waals surface area contributed by atoms with Crippen LogP contribution in [0.15, 0.2) is 18.2 Å². The number of amides is 1. The lowest BCUT2D eigenvalue weighted by Crippen LogP contribution is -2.48. The molecule has 1 N–H and O–H groups in total. The van der Waals surface area contributed by atoms with Gasteiger partial charge in [-0.25, -0.2) is 4.79 Å². The van der Waals surface area contributed by atoms with Gasteiger partial charge < -0.3 is 10.1 Å². The number of ether oxygens (including phenoxy) is 1. The van der Waals surface area contributed by atoms with Crippen molar-refractivity contribution in [3.63, 3.8) is 0 Å². The van der Waals surface area contributed by atoms with Crippen LogP contribution in [0.4, 0.5) is 5.00 Å². The first-order chi connectivity index (χ1) is 15.0. The Labute approximate surface area is 196 Å². The summed E-state index contributed by atoms with van der Waals surface area (Å²) < 4.78 is 4.95. The molecule has 166 valence electrons. The van der Waals surface area contributed by atoms with Gasteiger partial charge in [-0.15, -0.1) is 11.3 Å². The number of aryl methyl sites for hydroxylation is 1. The zero-order valence-electron chi connectivity index (χ0n) is 17.4. The highest BCUT2D eigenvalue weighted by atomic mass is 35.5. The molecule has 0 radical (unpaired) electrons. The van der Waals surface area contributed by atoms with E-state index in [9.17, 15) is 9.59 Å². The molecule has 31 heavy (non-hydrogen) atoms. The highest BCUT2D eigenvalue weighted by molar-refractivity contribution is 7.17. The smallest absolute Gasteiger partial charge is 0.341 e. The molecule has 4 rings (SSSR count). The molecule has 0 atom stereocenters. The number of fused-ring (bicyclic) bond motifs is 1. The van der Waals surface area contributed by atoms with Crippen LogP contribution in [0.2, 0.25) is 10.0 Å². The first kappa shape index (κ1) is 22.6. The number of carbonyl (C=O) groups excluding carboxylic acids is 2. The number of methoxy groups -OCH3 is 1. The van der Waals surface area contributed by atoms with Crippen LogP contribution in [0.25, 0.3) is 0 Å². The third kappa shape index (κ3) is 5.07. The number of anilines is 1. The van der Waals surface area contributed by atoms with E-state index in [1.165, 1.54) is 23.3 Å². The summed E-state index contributed by atoms with van der Waals surface area (Å²) >= 11 is 14.1. The van der Waals surface area contributed by atoms with E-state index >= 15 is 0 Å². The number of halogens is 2. The summed E-state index contributed by atoms with van der Waals surface area (Å²) in [4.78, 5) is 30.5. The van der Waals surface area contributed by atoms with E-state index in [-0.39, 0.29) is 11.9 Å². The summed E-state index contributed by atoms with van der Waals surface area (Å²) in [7, 11) is 1.38. The number of esters is 1. The van der Waals surface area contributed by atoms with Crippen LogP contribution < -0.4 is 5.32 Å². The predicted molar refractivity (Wildman–Crippen MR) is 124 cm³/mol. The zero-order valence-corrected chi connectivity index (χ0v) is 19.7. The van der Waals surface area contributed by atoms with Gasteiger partial charge in [0.05, 0.1) is 19.2 Å². The lowest BCUT2D eigenvalue weighted by Gasteiger charge is -2.34. The Morgan fingerprint density at radius 2 is 1.77 bits per heavy atom. The number of hydrogen-bond donors (Lipinski definition) is 1. The van der Waals surface area contributed by atoms with E-state index in [0.29, 0.717) is 33.7 Å². The molecule has 1 aromatic heterocycles. The molecule has 6 nitrogen and oxygen atoms in total. The quantitative estimate of drug-likeness (QED) is 0.629. The number of piperazine rings is 1. The number of benzene rings is 1. The molecule has 0 unspecified atom stereocenters. The predicted octanol–water partition coefficient (Wildman–Crippen LogP) is 4.09. The maximum absolute atomic E-state index is 12.7. The van der Waals surface area contributed by atoms with E-state index in [4.69, 9.17) is 27.9 Å². The molecule has 1 aromatic carbocycles. The number of carbonyl (C=O) groups is 2. The van der Waals surface area contributed by atoms with Gasteiger partial charge in [-0.1, -0.05) is 29.3 Å². The summed E-state index contributed by atoms with van der Waals surface area (Å²) in [6.45, 7) is 4.21. The molecule has 1 aliphatic carbocycles. The van der Waals surface area contributed by atoms with Gasteiger partial charge >= 0.3 is 5.97 Å². The second kappa shape index (κ2) is 9.88. The standard InChI is InChI=1S/C22H25Cl2N3O3S/c1-30-22(29)20-14-4-2-7-18(14)31-21(20)25-19(28)13-27-10-8-26(9-11-27)12-15-16(23)5-3-6-17(15)24/h3,5-6H,2,4,7-13H2,1H3,(H,25,28). The van der Waals surface area contributed by atoms with Crippen molar-refractivity contribution < 1.29 is 14.3 Å². The second-order valence-corrected chi connectivity index (χ2v) is 9.77. The van der Waals surface area contributed by atoms with E-state index in [1.54, 1.807) is 0 Å². The SMILES string of the molecule is COC(=O)c1c(NC(=O)CN2CCN(Cc3c(Cl)cccc3Cl)CC2)sc2c1CCC2. The number of nitrogens with zero attached hydrogens (tertiary/aromatic N) is 2.